The number of carbonyl (C=O) groups excluding carboxylic acids is 1. The van der Waals surface area contributed by atoms with Gasteiger partial charge < -0.3 is 15.4 Å². The minimum atomic E-state index is 0. The van der Waals surface area contributed by atoms with Crippen LogP contribution in [0.25, 0.3) is 0 Å². The molecule has 1 aromatic carbocycles. The van der Waals surface area contributed by atoms with E-state index in [0.717, 1.165) is 35.8 Å². The first-order chi connectivity index (χ1) is 11.1. The van der Waals surface area contributed by atoms with Crippen LogP contribution in [0.1, 0.15) is 37.8 Å². The summed E-state index contributed by atoms with van der Waals surface area (Å²) >= 11 is 1.91. The summed E-state index contributed by atoms with van der Waals surface area (Å²) in [6.07, 6.45) is 1.68. The van der Waals surface area contributed by atoms with Gasteiger partial charge in [0.2, 0.25) is 5.91 Å². The molecule has 6 heteroatoms. The number of rotatable bonds is 7. The van der Waals surface area contributed by atoms with E-state index < -0.39 is 0 Å². The molecule has 1 aromatic rings. The van der Waals surface area contributed by atoms with Crippen molar-refractivity contribution in [2.24, 2.45) is 0 Å². The van der Waals surface area contributed by atoms with Gasteiger partial charge in [0.25, 0.3) is 0 Å². The Hall–Kier alpha value is -0.910. The van der Waals surface area contributed by atoms with Gasteiger partial charge in [-0.15, -0.1) is 12.4 Å². The molecule has 0 radical (unpaired) electrons. The Balaban J connectivity index is 0.00000288. The Morgan fingerprint density at radius 1 is 1.50 bits per heavy atom. The van der Waals surface area contributed by atoms with E-state index in [9.17, 15) is 4.79 Å². The number of carbonyl (C=O) groups is 1. The van der Waals surface area contributed by atoms with Crippen molar-refractivity contribution in [3.63, 3.8) is 0 Å². The van der Waals surface area contributed by atoms with E-state index in [1.165, 1.54) is 5.56 Å². The second kappa shape index (κ2) is 10.9. The summed E-state index contributed by atoms with van der Waals surface area (Å²) in [5.74, 6) is 3.13. The summed E-state index contributed by atoms with van der Waals surface area (Å²) < 4.78 is 5.99. The Labute approximate surface area is 155 Å². The lowest BCUT2D eigenvalue weighted by Crippen LogP contribution is -2.41. The maximum Gasteiger partial charge on any atom is 0.221 e. The van der Waals surface area contributed by atoms with Crippen LogP contribution >= 0.6 is 24.2 Å². The molecule has 1 heterocycles. The molecule has 0 aromatic heterocycles. The van der Waals surface area contributed by atoms with E-state index in [1.54, 1.807) is 0 Å². The van der Waals surface area contributed by atoms with Crippen LogP contribution in [0.3, 0.4) is 0 Å². The van der Waals surface area contributed by atoms with Crippen LogP contribution in [0.15, 0.2) is 18.2 Å². The molecule has 136 valence electrons. The molecule has 0 saturated carbocycles. The van der Waals surface area contributed by atoms with Gasteiger partial charge in [-0.05, 0) is 31.9 Å². The van der Waals surface area contributed by atoms with E-state index >= 15 is 0 Å². The molecule has 2 atom stereocenters. The van der Waals surface area contributed by atoms with Gasteiger partial charge in [-0.3, -0.25) is 4.79 Å². The number of ether oxygens (including phenoxy) is 1. The van der Waals surface area contributed by atoms with Crippen LogP contribution in [-0.4, -0.2) is 36.1 Å². The second-order valence-electron chi connectivity index (χ2n) is 6.15. The fourth-order valence-electron chi connectivity index (χ4n) is 2.46. The fourth-order valence-corrected chi connectivity index (χ4v) is 3.41. The number of benzene rings is 1. The van der Waals surface area contributed by atoms with Gasteiger partial charge in [-0.25, -0.2) is 0 Å². The molecule has 0 spiro atoms. The highest BCUT2D eigenvalue weighted by Crippen LogP contribution is 2.22. The highest BCUT2D eigenvalue weighted by Gasteiger charge is 2.17. The predicted molar refractivity (Wildman–Crippen MR) is 104 cm³/mol. The molecule has 1 amide bonds. The summed E-state index contributed by atoms with van der Waals surface area (Å²) in [5.41, 5.74) is 2.21. The zero-order valence-corrected chi connectivity index (χ0v) is 16.4. The first-order valence-electron chi connectivity index (χ1n) is 8.42. The lowest BCUT2D eigenvalue weighted by molar-refractivity contribution is -0.121. The van der Waals surface area contributed by atoms with Crippen molar-refractivity contribution in [3.05, 3.63) is 29.3 Å². The largest absolute Gasteiger partial charge is 0.490 e. The molecule has 1 aliphatic heterocycles. The van der Waals surface area contributed by atoms with Gasteiger partial charge in [-0.2, -0.15) is 11.8 Å². The maximum absolute atomic E-state index is 12.1. The summed E-state index contributed by atoms with van der Waals surface area (Å²) in [5, 5.41) is 6.42. The number of amides is 1. The van der Waals surface area contributed by atoms with Crippen molar-refractivity contribution in [1.29, 1.82) is 0 Å². The van der Waals surface area contributed by atoms with Crippen molar-refractivity contribution < 1.29 is 9.53 Å². The standard InChI is InChI=1S/C18H28N2O2S.ClH/c1-4-14(3)22-17-9-13(2)5-6-15(17)11-20-18(21)10-16-12-23-8-7-19-16;/h5-6,9,14,16,19H,4,7-8,10-12H2,1-3H3,(H,20,21);1H. The van der Waals surface area contributed by atoms with E-state index in [-0.39, 0.29) is 24.4 Å². The number of hydrogen-bond acceptors (Lipinski definition) is 4. The molecule has 2 unspecified atom stereocenters. The van der Waals surface area contributed by atoms with Crippen LogP contribution < -0.4 is 15.4 Å². The topological polar surface area (TPSA) is 50.4 Å². The molecule has 4 nitrogen and oxygen atoms in total. The zero-order chi connectivity index (χ0) is 16.7. The number of halogens is 1. The number of nitrogens with one attached hydrogen (secondary N) is 2. The van der Waals surface area contributed by atoms with Crippen LogP contribution in [0.4, 0.5) is 0 Å². The van der Waals surface area contributed by atoms with Crippen molar-refractivity contribution >= 4 is 30.1 Å². The van der Waals surface area contributed by atoms with Gasteiger partial charge in [0.05, 0.1) is 6.10 Å². The first kappa shape index (κ1) is 21.1. The minimum absolute atomic E-state index is 0. The molecule has 24 heavy (non-hydrogen) atoms. The van der Waals surface area contributed by atoms with E-state index in [1.807, 2.05) is 23.9 Å². The quantitative estimate of drug-likeness (QED) is 0.771. The van der Waals surface area contributed by atoms with E-state index in [2.05, 4.69) is 37.5 Å². The SMILES string of the molecule is CCC(C)Oc1cc(C)ccc1CNC(=O)CC1CSCCN1.Cl. The van der Waals surface area contributed by atoms with Gasteiger partial charge in [-0.1, -0.05) is 19.1 Å². The van der Waals surface area contributed by atoms with Crippen LogP contribution in [0.5, 0.6) is 5.75 Å². The van der Waals surface area contributed by atoms with Gasteiger partial charge in [0.1, 0.15) is 5.75 Å². The lowest BCUT2D eigenvalue weighted by Gasteiger charge is -2.22. The Bertz CT molecular complexity index is 522. The smallest absolute Gasteiger partial charge is 0.221 e. The van der Waals surface area contributed by atoms with Gasteiger partial charge in [0.15, 0.2) is 0 Å². The van der Waals surface area contributed by atoms with Crippen LogP contribution in [0.2, 0.25) is 0 Å². The normalized spacial score (nSPS) is 18.4. The minimum Gasteiger partial charge on any atom is -0.490 e. The summed E-state index contributed by atoms with van der Waals surface area (Å²) in [7, 11) is 0. The lowest BCUT2D eigenvalue weighted by atomic mass is 10.1. The summed E-state index contributed by atoms with van der Waals surface area (Å²) in [6.45, 7) is 7.74. The molecular formula is C18H29ClN2O2S. The highest BCUT2D eigenvalue weighted by molar-refractivity contribution is 7.99. The third-order valence-electron chi connectivity index (χ3n) is 4.03. The Morgan fingerprint density at radius 3 is 2.96 bits per heavy atom. The van der Waals surface area contributed by atoms with Gasteiger partial charge in [0, 0.05) is 42.6 Å². The van der Waals surface area contributed by atoms with Crippen LogP contribution in [-0.2, 0) is 11.3 Å². The van der Waals surface area contributed by atoms with E-state index in [4.69, 9.17) is 4.74 Å². The third kappa shape index (κ3) is 6.91. The van der Waals surface area contributed by atoms with Crippen molar-refractivity contribution in [3.8, 4) is 5.75 Å². The molecule has 0 aliphatic carbocycles. The first-order valence-corrected chi connectivity index (χ1v) is 9.58. The zero-order valence-electron chi connectivity index (χ0n) is 14.8. The Morgan fingerprint density at radius 2 is 2.29 bits per heavy atom. The molecule has 1 saturated heterocycles. The predicted octanol–water partition coefficient (Wildman–Crippen LogP) is 3.31. The Kier molecular flexibility index (Phi) is 9.56. The fraction of sp³-hybridized carbons (Fsp3) is 0.611. The molecule has 2 N–H and O–H groups in total. The average molecular weight is 373 g/mol. The van der Waals surface area contributed by atoms with Crippen molar-refractivity contribution in [2.75, 3.05) is 18.1 Å². The van der Waals surface area contributed by atoms with E-state index in [0.29, 0.717) is 19.0 Å². The molecule has 1 aliphatic rings. The number of hydrogen-bond donors (Lipinski definition) is 2. The summed E-state index contributed by atoms with van der Waals surface area (Å²) in [6, 6.07) is 6.45. The molecule has 1 fully saturated rings. The molecular weight excluding hydrogens is 344 g/mol. The maximum atomic E-state index is 12.1. The number of thioether (sulfide) groups is 1. The van der Waals surface area contributed by atoms with Gasteiger partial charge >= 0.3 is 0 Å². The number of aryl methyl sites for hydroxylation is 1. The average Bonchev–Trinajstić information content (AvgIpc) is 2.55. The molecule has 2 rings (SSSR count). The highest BCUT2D eigenvalue weighted by atomic mass is 35.5. The van der Waals surface area contributed by atoms with Crippen molar-refractivity contribution in [2.45, 2.75) is 52.3 Å². The monoisotopic (exact) mass is 372 g/mol. The van der Waals surface area contributed by atoms with Crippen LogP contribution in [0, 0.1) is 6.92 Å². The third-order valence-corrected chi connectivity index (χ3v) is 5.16. The van der Waals surface area contributed by atoms with Crippen molar-refractivity contribution in [1.82, 2.24) is 10.6 Å². The summed E-state index contributed by atoms with van der Waals surface area (Å²) in [4.78, 5) is 12.1. The second-order valence-corrected chi connectivity index (χ2v) is 7.30. The molecule has 0 bridgehead atoms.